The number of piperazine rings is 1. The van der Waals surface area contributed by atoms with Crippen molar-refractivity contribution >= 4 is 21.6 Å². The molecule has 1 aliphatic carbocycles. The Labute approximate surface area is 195 Å². The lowest BCUT2D eigenvalue weighted by molar-refractivity contribution is -0.129. The first kappa shape index (κ1) is 22.3. The number of rotatable bonds is 4. The highest BCUT2D eigenvalue weighted by atomic mass is 32.2. The molecule has 2 bridgehead atoms. The minimum absolute atomic E-state index is 0.0487. The van der Waals surface area contributed by atoms with E-state index in [9.17, 15) is 13.2 Å². The molecule has 8 heteroatoms. The van der Waals surface area contributed by atoms with Crippen LogP contribution >= 0.6 is 0 Å². The predicted molar refractivity (Wildman–Crippen MR) is 126 cm³/mol. The molecule has 4 fully saturated rings. The highest BCUT2D eigenvalue weighted by Gasteiger charge is 2.48. The second-order valence-corrected chi connectivity index (χ2v) is 11.6. The number of benzene rings is 2. The van der Waals surface area contributed by atoms with Crippen LogP contribution in [0, 0.1) is 11.7 Å². The van der Waals surface area contributed by atoms with E-state index >= 15 is 4.39 Å². The Hall–Kier alpha value is -2.45. The largest absolute Gasteiger partial charge is 0.368 e. The first-order valence-electron chi connectivity index (χ1n) is 11.7. The number of halogens is 1. The normalized spacial score (nSPS) is 27.0. The minimum atomic E-state index is -3.60. The molecule has 176 valence electrons. The Morgan fingerprint density at radius 2 is 1.70 bits per heavy atom. The van der Waals surface area contributed by atoms with Gasteiger partial charge in [-0.2, -0.15) is 4.31 Å². The summed E-state index contributed by atoms with van der Waals surface area (Å²) < 4.78 is 44.0. The molecule has 3 aliphatic heterocycles. The summed E-state index contributed by atoms with van der Waals surface area (Å²) in [7, 11) is -3.60. The van der Waals surface area contributed by atoms with Gasteiger partial charge in [-0.1, -0.05) is 36.4 Å². The summed E-state index contributed by atoms with van der Waals surface area (Å²) in [6.07, 6.45) is 2.33. The van der Waals surface area contributed by atoms with E-state index in [4.69, 9.17) is 0 Å². The molecule has 2 aromatic carbocycles. The third-order valence-corrected chi connectivity index (χ3v) is 9.74. The van der Waals surface area contributed by atoms with Crippen LogP contribution in [0.2, 0.25) is 0 Å². The molecule has 0 N–H and O–H groups in total. The number of carbonyl (C=O) groups excluding carboxylic acids is 1. The summed E-state index contributed by atoms with van der Waals surface area (Å²) in [5.74, 6) is 0.0795. The van der Waals surface area contributed by atoms with Crippen molar-refractivity contribution in [2.24, 2.45) is 5.92 Å². The van der Waals surface area contributed by atoms with Gasteiger partial charge in [0.1, 0.15) is 11.1 Å². The molecule has 1 unspecified atom stereocenters. The maximum Gasteiger partial charge on any atom is 0.221 e. The number of hydrogen-bond donors (Lipinski definition) is 0. The Balaban J connectivity index is 1.35. The van der Waals surface area contributed by atoms with E-state index in [1.807, 2.05) is 36.4 Å². The molecule has 6 rings (SSSR count). The van der Waals surface area contributed by atoms with Crippen LogP contribution in [0.25, 0.3) is 0 Å². The summed E-state index contributed by atoms with van der Waals surface area (Å²) >= 11 is 0. The van der Waals surface area contributed by atoms with Crippen molar-refractivity contribution in [2.75, 3.05) is 31.1 Å². The van der Waals surface area contributed by atoms with Crippen molar-refractivity contribution in [3.05, 3.63) is 65.5 Å². The van der Waals surface area contributed by atoms with Crippen molar-refractivity contribution in [3.63, 3.8) is 0 Å². The van der Waals surface area contributed by atoms with Crippen LogP contribution in [0.4, 0.5) is 10.1 Å². The van der Waals surface area contributed by atoms with Gasteiger partial charge in [-0.15, -0.1) is 0 Å². The fraction of sp³-hybridized carbons (Fsp3) is 0.480. The lowest BCUT2D eigenvalue weighted by Crippen LogP contribution is -2.48. The fourth-order valence-electron chi connectivity index (χ4n) is 5.43. The molecule has 3 heterocycles. The highest BCUT2D eigenvalue weighted by molar-refractivity contribution is 7.89. The van der Waals surface area contributed by atoms with Crippen LogP contribution in [0.15, 0.2) is 48.5 Å². The van der Waals surface area contributed by atoms with Gasteiger partial charge < -0.3 is 9.80 Å². The molecule has 33 heavy (non-hydrogen) atoms. The van der Waals surface area contributed by atoms with E-state index in [0.717, 1.165) is 24.1 Å². The predicted octanol–water partition coefficient (Wildman–Crippen LogP) is 3.55. The number of anilines is 1. The second-order valence-electron chi connectivity index (χ2n) is 9.49. The summed E-state index contributed by atoms with van der Waals surface area (Å²) in [4.78, 5) is 15.4. The van der Waals surface area contributed by atoms with Gasteiger partial charge >= 0.3 is 0 Å². The summed E-state index contributed by atoms with van der Waals surface area (Å²) in [6, 6.07) is 14.4. The smallest absolute Gasteiger partial charge is 0.221 e. The molecule has 1 saturated carbocycles. The van der Waals surface area contributed by atoms with Crippen LogP contribution in [0.3, 0.4) is 0 Å². The molecule has 3 saturated heterocycles. The fourth-order valence-corrected chi connectivity index (χ4v) is 7.68. The Kier molecular flexibility index (Phi) is 5.91. The lowest BCUT2D eigenvalue weighted by atomic mass is 9.77. The molecule has 0 aromatic heterocycles. The van der Waals surface area contributed by atoms with Crippen molar-refractivity contribution < 1.29 is 17.6 Å². The number of sulfonamides is 1. The molecule has 4 aliphatic rings. The summed E-state index contributed by atoms with van der Waals surface area (Å²) in [5, 5.41) is -0.573. The SMILES string of the molecule is CC(=O)N1CCN(c2ccc(CN3C4CC(C4)CC(c4ccccc4)S3(=O)=O)c(F)c2)CC1. The molecule has 6 nitrogen and oxygen atoms in total. The first-order chi connectivity index (χ1) is 15.8. The van der Waals surface area contributed by atoms with Crippen molar-refractivity contribution in [2.45, 2.75) is 44.0 Å². The Morgan fingerprint density at radius 1 is 1.00 bits per heavy atom. The number of hydrogen-bond acceptors (Lipinski definition) is 4. The van der Waals surface area contributed by atoms with Gasteiger partial charge in [0.2, 0.25) is 15.9 Å². The van der Waals surface area contributed by atoms with E-state index in [-0.39, 0.29) is 24.3 Å². The maximum atomic E-state index is 15.2. The van der Waals surface area contributed by atoms with Crippen LogP contribution in [-0.2, 0) is 21.4 Å². The first-order valence-corrected chi connectivity index (χ1v) is 13.2. The van der Waals surface area contributed by atoms with Crippen LogP contribution in [-0.4, -0.2) is 55.8 Å². The van der Waals surface area contributed by atoms with E-state index in [0.29, 0.717) is 44.1 Å². The second kappa shape index (κ2) is 8.72. The van der Waals surface area contributed by atoms with Crippen molar-refractivity contribution in [3.8, 4) is 0 Å². The zero-order valence-corrected chi connectivity index (χ0v) is 19.7. The molecule has 0 spiro atoms. The standard InChI is InChI=1S/C25H30FN3O3S/c1-18(30)27-9-11-28(12-10-27)22-8-7-21(24(26)16-22)17-29-23-13-19(14-23)15-25(33(29,31)32)20-5-3-2-4-6-20/h2-8,16,19,23,25H,9-15,17H2,1H3. The third-order valence-electron chi connectivity index (χ3n) is 7.48. The van der Waals surface area contributed by atoms with Crippen LogP contribution < -0.4 is 4.90 Å². The van der Waals surface area contributed by atoms with E-state index in [1.54, 1.807) is 22.2 Å². The van der Waals surface area contributed by atoms with Gasteiger partial charge in [0, 0.05) is 56.9 Å². The average Bonchev–Trinajstić information content (AvgIpc) is 2.95. The van der Waals surface area contributed by atoms with Gasteiger partial charge in [0.15, 0.2) is 0 Å². The van der Waals surface area contributed by atoms with Gasteiger partial charge in [0.25, 0.3) is 0 Å². The molecule has 1 atom stereocenters. The van der Waals surface area contributed by atoms with E-state index < -0.39 is 15.3 Å². The average molecular weight is 472 g/mol. The van der Waals surface area contributed by atoms with Gasteiger partial charge in [-0.25, -0.2) is 12.8 Å². The topological polar surface area (TPSA) is 60.9 Å². The molecule has 2 aromatic rings. The van der Waals surface area contributed by atoms with E-state index in [1.165, 1.54) is 6.07 Å². The summed E-state index contributed by atoms with van der Waals surface area (Å²) in [5.41, 5.74) is 1.99. The monoisotopic (exact) mass is 471 g/mol. The van der Waals surface area contributed by atoms with Crippen molar-refractivity contribution in [1.82, 2.24) is 9.21 Å². The number of fused-ring (bicyclic) bond motifs is 3. The zero-order valence-electron chi connectivity index (χ0n) is 18.9. The molecule has 0 radical (unpaired) electrons. The number of carbonyl (C=O) groups is 1. The third kappa shape index (κ3) is 4.26. The highest BCUT2D eigenvalue weighted by Crippen LogP contribution is 2.48. The molecular formula is C25H30FN3O3S. The quantitative estimate of drug-likeness (QED) is 0.684. The maximum absolute atomic E-state index is 15.2. The lowest BCUT2D eigenvalue weighted by Gasteiger charge is -2.38. The Morgan fingerprint density at radius 3 is 2.33 bits per heavy atom. The van der Waals surface area contributed by atoms with E-state index in [2.05, 4.69) is 4.90 Å². The molecular weight excluding hydrogens is 441 g/mol. The zero-order chi connectivity index (χ0) is 23.2. The Bertz CT molecular complexity index is 1130. The van der Waals surface area contributed by atoms with Gasteiger partial charge in [-0.05, 0) is 42.9 Å². The minimum Gasteiger partial charge on any atom is -0.368 e. The van der Waals surface area contributed by atoms with Crippen LogP contribution in [0.1, 0.15) is 42.6 Å². The number of nitrogens with zero attached hydrogens (tertiary/aromatic N) is 3. The summed E-state index contributed by atoms with van der Waals surface area (Å²) in [6.45, 7) is 4.17. The van der Waals surface area contributed by atoms with Crippen LogP contribution in [0.5, 0.6) is 0 Å². The van der Waals surface area contributed by atoms with Crippen molar-refractivity contribution in [1.29, 1.82) is 0 Å². The molecule has 1 amide bonds. The number of amides is 1. The van der Waals surface area contributed by atoms with Gasteiger partial charge in [0.05, 0.1) is 0 Å². The van der Waals surface area contributed by atoms with Gasteiger partial charge in [-0.3, -0.25) is 4.79 Å².